The number of alkyl halides is 1. The standard InChI is InChI=1S/C13H19FN2O2/c1-3-10(11-5-4-9(2)18-11)16-12(17)13(14)6-7-15-8-13/h4-5,10,15H,3,6-8H2,1-2H3,(H,16,17)/t10-,13?/m0/s1. The van der Waals surface area contributed by atoms with Gasteiger partial charge in [0, 0.05) is 13.0 Å². The van der Waals surface area contributed by atoms with Crippen molar-refractivity contribution in [2.75, 3.05) is 13.1 Å². The highest BCUT2D eigenvalue weighted by atomic mass is 19.1. The van der Waals surface area contributed by atoms with Crippen molar-refractivity contribution < 1.29 is 13.6 Å². The molecule has 2 N–H and O–H groups in total. The van der Waals surface area contributed by atoms with Gasteiger partial charge >= 0.3 is 0 Å². The molecular formula is C13H19FN2O2. The zero-order valence-corrected chi connectivity index (χ0v) is 10.8. The van der Waals surface area contributed by atoms with E-state index in [1.165, 1.54) is 0 Å². The van der Waals surface area contributed by atoms with Crippen LogP contribution in [0.15, 0.2) is 16.5 Å². The predicted molar refractivity (Wildman–Crippen MR) is 65.9 cm³/mol. The van der Waals surface area contributed by atoms with Crippen LogP contribution in [0.25, 0.3) is 0 Å². The molecule has 0 aliphatic carbocycles. The van der Waals surface area contributed by atoms with Gasteiger partial charge in [0.25, 0.3) is 5.91 Å². The molecule has 5 heteroatoms. The van der Waals surface area contributed by atoms with E-state index in [1.807, 2.05) is 26.0 Å². The highest BCUT2D eigenvalue weighted by molar-refractivity contribution is 5.86. The van der Waals surface area contributed by atoms with Crippen molar-refractivity contribution in [3.63, 3.8) is 0 Å². The van der Waals surface area contributed by atoms with Crippen LogP contribution in [0.1, 0.15) is 37.3 Å². The van der Waals surface area contributed by atoms with Crippen LogP contribution in [0.3, 0.4) is 0 Å². The maximum Gasteiger partial charge on any atom is 0.259 e. The van der Waals surface area contributed by atoms with E-state index in [0.717, 1.165) is 5.76 Å². The molecule has 1 amide bonds. The minimum Gasteiger partial charge on any atom is -0.464 e. The summed E-state index contributed by atoms with van der Waals surface area (Å²) in [5, 5.41) is 5.60. The lowest BCUT2D eigenvalue weighted by Crippen LogP contribution is -2.46. The van der Waals surface area contributed by atoms with Gasteiger partial charge in [0.1, 0.15) is 11.5 Å². The normalized spacial score (nSPS) is 25.1. The second-order valence-electron chi connectivity index (χ2n) is 4.77. The van der Waals surface area contributed by atoms with Crippen LogP contribution in [0, 0.1) is 6.92 Å². The molecule has 1 fully saturated rings. The van der Waals surface area contributed by atoms with E-state index < -0.39 is 11.6 Å². The molecule has 0 radical (unpaired) electrons. The van der Waals surface area contributed by atoms with Gasteiger partial charge in [-0.05, 0) is 32.0 Å². The number of halogens is 1. The van der Waals surface area contributed by atoms with E-state index in [-0.39, 0.29) is 19.0 Å². The lowest BCUT2D eigenvalue weighted by Gasteiger charge is -2.21. The summed E-state index contributed by atoms with van der Waals surface area (Å²) in [7, 11) is 0. The largest absolute Gasteiger partial charge is 0.464 e. The van der Waals surface area contributed by atoms with Gasteiger partial charge in [0.05, 0.1) is 6.04 Å². The molecule has 100 valence electrons. The number of carbonyl (C=O) groups excluding carboxylic acids is 1. The molecule has 4 nitrogen and oxygen atoms in total. The third-order valence-electron chi connectivity index (χ3n) is 3.33. The van der Waals surface area contributed by atoms with E-state index >= 15 is 0 Å². The van der Waals surface area contributed by atoms with Gasteiger partial charge in [-0.1, -0.05) is 6.92 Å². The second kappa shape index (κ2) is 5.10. The Hall–Kier alpha value is -1.36. The summed E-state index contributed by atoms with van der Waals surface area (Å²) in [4.78, 5) is 11.9. The molecule has 18 heavy (non-hydrogen) atoms. The molecular weight excluding hydrogens is 235 g/mol. The summed E-state index contributed by atoms with van der Waals surface area (Å²) in [5.41, 5.74) is -1.78. The lowest BCUT2D eigenvalue weighted by molar-refractivity contribution is -0.132. The SMILES string of the molecule is CC[C@H](NC(=O)C1(F)CCNC1)c1ccc(C)o1. The highest BCUT2D eigenvalue weighted by Gasteiger charge is 2.42. The van der Waals surface area contributed by atoms with Crippen LogP contribution in [0.4, 0.5) is 4.39 Å². The number of hydrogen-bond acceptors (Lipinski definition) is 3. The predicted octanol–water partition coefficient (Wildman–Crippen LogP) is 1.86. The van der Waals surface area contributed by atoms with E-state index in [9.17, 15) is 9.18 Å². The number of rotatable bonds is 4. The number of nitrogens with one attached hydrogen (secondary N) is 2. The molecule has 1 aromatic rings. The minimum absolute atomic E-state index is 0.0897. The molecule has 2 rings (SSSR count). The van der Waals surface area contributed by atoms with Crippen molar-refractivity contribution in [3.8, 4) is 0 Å². The topological polar surface area (TPSA) is 54.3 Å². The quantitative estimate of drug-likeness (QED) is 0.862. The Kier molecular flexibility index (Phi) is 3.71. The van der Waals surface area contributed by atoms with Crippen LogP contribution in [0.5, 0.6) is 0 Å². The van der Waals surface area contributed by atoms with Gasteiger partial charge in [-0.15, -0.1) is 0 Å². The smallest absolute Gasteiger partial charge is 0.259 e. The molecule has 0 spiro atoms. The van der Waals surface area contributed by atoms with Crippen molar-refractivity contribution in [2.24, 2.45) is 0 Å². The molecule has 1 unspecified atom stereocenters. The first-order chi connectivity index (χ1) is 8.55. The molecule has 0 aromatic carbocycles. The molecule has 2 heterocycles. The van der Waals surface area contributed by atoms with Crippen LogP contribution < -0.4 is 10.6 Å². The number of amides is 1. The summed E-state index contributed by atoms with van der Waals surface area (Å²) >= 11 is 0. The van der Waals surface area contributed by atoms with E-state index in [0.29, 0.717) is 18.7 Å². The summed E-state index contributed by atoms with van der Waals surface area (Å²) in [6, 6.07) is 3.40. The van der Waals surface area contributed by atoms with Crippen LogP contribution in [-0.2, 0) is 4.79 Å². The third-order valence-corrected chi connectivity index (χ3v) is 3.33. The van der Waals surface area contributed by atoms with Gasteiger partial charge in [-0.3, -0.25) is 4.79 Å². The van der Waals surface area contributed by atoms with Crippen molar-refractivity contribution >= 4 is 5.91 Å². The average molecular weight is 254 g/mol. The summed E-state index contributed by atoms with van der Waals surface area (Å²) in [6.07, 6.45) is 0.897. The number of carbonyl (C=O) groups is 1. The molecule has 1 aliphatic rings. The van der Waals surface area contributed by atoms with Crippen LogP contribution in [-0.4, -0.2) is 24.7 Å². The number of aryl methyl sites for hydroxylation is 1. The average Bonchev–Trinajstić information content (AvgIpc) is 2.96. The fraction of sp³-hybridized carbons (Fsp3) is 0.615. The molecule has 1 saturated heterocycles. The molecule has 0 saturated carbocycles. The monoisotopic (exact) mass is 254 g/mol. The van der Waals surface area contributed by atoms with Crippen molar-refractivity contribution in [1.29, 1.82) is 0 Å². The van der Waals surface area contributed by atoms with Gasteiger partial charge < -0.3 is 15.1 Å². The Labute approximate surface area is 106 Å². The number of hydrogen-bond donors (Lipinski definition) is 2. The van der Waals surface area contributed by atoms with E-state index in [2.05, 4.69) is 10.6 Å². The Morgan fingerprint density at radius 2 is 2.44 bits per heavy atom. The van der Waals surface area contributed by atoms with Crippen LogP contribution in [0.2, 0.25) is 0 Å². The maximum atomic E-state index is 14.2. The number of furan rings is 1. The van der Waals surface area contributed by atoms with Gasteiger partial charge in [-0.25, -0.2) is 4.39 Å². The van der Waals surface area contributed by atoms with E-state index in [4.69, 9.17) is 4.42 Å². The van der Waals surface area contributed by atoms with Crippen LogP contribution >= 0.6 is 0 Å². The molecule has 2 atom stereocenters. The second-order valence-corrected chi connectivity index (χ2v) is 4.77. The Morgan fingerprint density at radius 3 is 2.94 bits per heavy atom. The first kappa shape index (κ1) is 13.1. The Bertz CT molecular complexity index is 424. The third kappa shape index (κ3) is 2.56. The lowest BCUT2D eigenvalue weighted by atomic mass is 10.0. The summed E-state index contributed by atoms with van der Waals surface area (Å²) in [6.45, 7) is 4.41. The van der Waals surface area contributed by atoms with Gasteiger partial charge in [0.2, 0.25) is 5.67 Å². The highest BCUT2D eigenvalue weighted by Crippen LogP contribution is 2.24. The summed E-state index contributed by atoms with van der Waals surface area (Å²) in [5.74, 6) is 0.918. The Morgan fingerprint density at radius 1 is 1.67 bits per heavy atom. The van der Waals surface area contributed by atoms with Crippen molar-refractivity contribution in [1.82, 2.24) is 10.6 Å². The zero-order chi connectivity index (χ0) is 13.2. The molecule has 1 aliphatic heterocycles. The first-order valence-corrected chi connectivity index (χ1v) is 6.32. The van der Waals surface area contributed by atoms with Gasteiger partial charge in [0.15, 0.2) is 0 Å². The molecule has 0 bridgehead atoms. The van der Waals surface area contributed by atoms with Gasteiger partial charge in [-0.2, -0.15) is 0 Å². The maximum absolute atomic E-state index is 14.2. The first-order valence-electron chi connectivity index (χ1n) is 6.32. The summed E-state index contributed by atoms with van der Waals surface area (Å²) < 4.78 is 19.7. The van der Waals surface area contributed by atoms with Crippen molar-refractivity contribution in [3.05, 3.63) is 23.7 Å². The Balaban J connectivity index is 2.04. The fourth-order valence-corrected chi connectivity index (χ4v) is 2.16. The van der Waals surface area contributed by atoms with Crippen molar-refractivity contribution in [2.45, 2.75) is 38.4 Å². The van der Waals surface area contributed by atoms with E-state index in [1.54, 1.807) is 0 Å². The fourth-order valence-electron chi connectivity index (χ4n) is 2.16. The molecule has 1 aromatic heterocycles. The zero-order valence-electron chi connectivity index (χ0n) is 10.8. The minimum atomic E-state index is -1.78.